The quantitative estimate of drug-likeness (QED) is 0.896. The van der Waals surface area contributed by atoms with Crippen LogP contribution in [0.2, 0.25) is 0 Å². The van der Waals surface area contributed by atoms with Crippen molar-refractivity contribution < 1.29 is 4.79 Å². The lowest BCUT2D eigenvalue weighted by molar-refractivity contribution is 0.102. The van der Waals surface area contributed by atoms with E-state index in [1.807, 2.05) is 19.1 Å². The molecule has 92 valence electrons. The van der Waals surface area contributed by atoms with Crippen molar-refractivity contribution in [3.8, 4) is 0 Å². The van der Waals surface area contributed by atoms with Gasteiger partial charge in [-0.25, -0.2) is 0 Å². The fourth-order valence-electron chi connectivity index (χ4n) is 1.49. The van der Waals surface area contributed by atoms with Crippen molar-refractivity contribution in [1.29, 1.82) is 0 Å². The van der Waals surface area contributed by atoms with Crippen molar-refractivity contribution >= 4 is 27.5 Å². The third-order valence-corrected chi connectivity index (χ3v) is 3.54. The van der Waals surface area contributed by atoms with Crippen molar-refractivity contribution in [3.05, 3.63) is 62.5 Å². The van der Waals surface area contributed by atoms with E-state index in [1.165, 1.54) is 18.3 Å². The first-order valence-corrected chi connectivity index (χ1v) is 6.12. The van der Waals surface area contributed by atoms with Gasteiger partial charge in [0, 0.05) is 16.7 Å². The van der Waals surface area contributed by atoms with Gasteiger partial charge in [-0.05, 0) is 40.5 Å². The van der Waals surface area contributed by atoms with Crippen molar-refractivity contribution in [1.82, 2.24) is 4.98 Å². The summed E-state index contributed by atoms with van der Waals surface area (Å²) >= 11 is 3.42. The summed E-state index contributed by atoms with van der Waals surface area (Å²) in [5, 5.41) is 2.78. The molecule has 0 radical (unpaired) electrons. The lowest BCUT2D eigenvalue weighted by atomic mass is 10.2. The largest absolute Gasteiger partial charge is 0.328 e. The van der Waals surface area contributed by atoms with Gasteiger partial charge in [0.1, 0.15) is 0 Å². The van der Waals surface area contributed by atoms with E-state index in [4.69, 9.17) is 0 Å². The Labute approximate surface area is 112 Å². The van der Waals surface area contributed by atoms with E-state index in [1.54, 1.807) is 6.07 Å². The first-order chi connectivity index (χ1) is 8.58. The molecular weight excluding hydrogens is 296 g/mol. The Balaban J connectivity index is 2.24. The standard InChI is InChI=1S/C13H11BrN2O2/c1-8-3-2-4-10(12(8)14)16-13(18)9-5-6-11(17)15-7-9/h2-7H,1H3,(H,15,17)(H,16,18). The number of rotatable bonds is 2. The molecule has 0 unspecified atom stereocenters. The van der Waals surface area contributed by atoms with Gasteiger partial charge in [-0.2, -0.15) is 0 Å². The van der Waals surface area contributed by atoms with Crippen LogP contribution in [0.4, 0.5) is 5.69 Å². The molecule has 18 heavy (non-hydrogen) atoms. The lowest BCUT2D eigenvalue weighted by Crippen LogP contribution is -2.14. The van der Waals surface area contributed by atoms with E-state index in [-0.39, 0.29) is 11.5 Å². The molecule has 0 aliphatic rings. The van der Waals surface area contributed by atoms with Gasteiger partial charge >= 0.3 is 0 Å². The topological polar surface area (TPSA) is 62.0 Å². The Hall–Kier alpha value is -1.88. The van der Waals surface area contributed by atoms with E-state index in [2.05, 4.69) is 26.2 Å². The first-order valence-electron chi connectivity index (χ1n) is 5.33. The number of anilines is 1. The van der Waals surface area contributed by atoms with E-state index in [9.17, 15) is 9.59 Å². The number of halogens is 1. The Morgan fingerprint density at radius 2 is 2.06 bits per heavy atom. The molecule has 2 rings (SSSR count). The van der Waals surface area contributed by atoms with Crippen molar-refractivity contribution in [3.63, 3.8) is 0 Å². The maximum Gasteiger partial charge on any atom is 0.257 e. The molecule has 0 bridgehead atoms. The second kappa shape index (κ2) is 5.18. The minimum Gasteiger partial charge on any atom is -0.328 e. The Morgan fingerprint density at radius 3 is 2.72 bits per heavy atom. The van der Waals surface area contributed by atoms with Gasteiger partial charge in [-0.3, -0.25) is 9.59 Å². The van der Waals surface area contributed by atoms with Crippen LogP contribution in [0.3, 0.4) is 0 Å². The highest BCUT2D eigenvalue weighted by Gasteiger charge is 2.09. The molecule has 5 heteroatoms. The van der Waals surface area contributed by atoms with Crippen molar-refractivity contribution in [2.45, 2.75) is 6.92 Å². The summed E-state index contributed by atoms with van der Waals surface area (Å²) in [6.07, 6.45) is 1.39. The van der Waals surface area contributed by atoms with Crippen LogP contribution in [-0.4, -0.2) is 10.9 Å². The molecular formula is C13H11BrN2O2. The molecule has 1 amide bonds. The number of nitrogens with one attached hydrogen (secondary N) is 2. The molecule has 0 aliphatic carbocycles. The first kappa shape index (κ1) is 12.6. The molecule has 0 atom stereocenters. The summed E-state index contributed by atoms with van der Waals surface area (Å²) in [6.45, 7) is 1.94. The van der Waals surface area contributed by atoms with Gasteiger partial charge < -0.3 is 10.3 Å². The summed E-state index contributed by atoms with van der Waals surface area (Å²) in [4.78, 5) is 25.3. The Bertz CT molecular complexity index is 629. The zero-order valence-electron chi connectivity index (χ0n) is 9.66. The van der Waals surface area contributed by atoms with Gasteiger partial charge in [0.2, 0.25) is 5.56 Å². The van der Waals surface area contributed by atoms with Crippen LogP contribution in [0.25, 0.3) is 0 Å². The Morgan fingerprint density at radius 1 is 1.28 bits per heavy atom. The van der Waals surface area contributed by atoms with E-state index >= 15 is 0 Å². The van der Waals surface area contributed by atoms with Gasteiger partial charge in [-0.15, -0.1) is 0 Å². The smallest absolute Gasteiger partial charge is 0.257 e. The molecule has 0 aliphatic heterocycles. The second-order valence-electron chi connectivity index (χ2n) is 3.83. The molecule has 2 aromatic rings. The Kier molecular flexibility index (Phi) is 3.62. The SMILES string of the molecule is Cc1cccc(NC(=O)c2ccc(=O)[nH]c2)c1Br. The molecule has 0 fully saturated rings. The number of aromatic amines is 1. The zero-order valence-corrected chi connectivity index (χ0v) is 11.2. The summed E-state index contributed by atoms with van der Waals surface area (Å²) in [5.74, 6) is -0.266. The molecule has 0 saturated carbocycles. The highest BCUT2D eigenvalue weighted by atomic mass is 79.9. The number of benzene rings is 1. The molecule has 0 saturated heterocycles. The lowest BCUT2D eigenvalue weighted by Gasteiger charge is -2.08. The number of aromatic nitrogens is 1. The van der Waals surface area contributed by atoms with Crippen LogP contribution in [0.1, 0.15) is 15.9 Å². The average Bonchev–Trinajstić information content (AvgIpc) is 2.36. The highest BCUT2D eigenvalue weighted by Crippen LogP contribution is 2.25. The third kappa shape index (κ3) is 2.68. The fraction of sp³-hybridized carbons (Fsp3) is 0.0769. The van der Waals surface area contributed by atoms with Crippen LogP contribution in [0.15, 0.2) is 45.8 Å². The molecule has 0 spiro atoms. The minimum atomic E-state index is -0.266. The summed E-state index contributed by atoms with van der Waals surface area (Å²) in [6, 6.07) is 8.42. The number of hydrogen-bond acceptors (Lipinski definition) is 2. The van der Waals surface area contributed by atoms with Gasteiger partial charge in [0.15, 0.2) is 0 Å². The normalized spacial score (nSPS) is 10.1. The summed E-state index contributed by atoms with van der Waals surface area (Å²) < 4.78 is 0.850. The van der Waals surface area contributed by atoms with E-state index < -0.39 is 0 Å². The van der Waals surface area contributed by atoms with Gasteiger partial charge in [0.05, 0.1) is 11.3 Å². The van der Waals surface area contributed by atoms with Crippen LogP contribution < -0.4 is 10.9 Å². The zero-order chi connectivity index (χ0) is 13.1. The second-order valence-corrected chi connectivity index (χ2v) is 4.63. The maximum absolute atomic E-state index is 11.9. The molecule has 2 N–H and O–H groups in total. The summed E-state index contributed by atoms with van der Waals surface area (Å²) in [5.41, 5.74) is 1.91. The van der Waals surface area contributed by atoms with Gasteiger partial charge in [0.25, 0.3) is 5.91 Å². The van der Waals surface area contributed by atoms with Crippen molar-refractivity contribution in [2.24, 2.45) is 0 Å². The molecule has 1 aromatic heterocycles. The number of aryl methyl sites for hydroxylation is 1. The fourth-order valence-corrected chi connectivity index (χ4v) is 1.85. The third-order valence-electron chi connectivity index (χ3n) is 2.49. The average molecular weight is 307 g/mol. The van der Waals surface area contributed by atoms with E-state index in [0.29, 0.717) is 11.3 Å². The van der Waals surface area contributed by atoms with Gasteiger partial charge in [-0.1, -0.05) is 12.1 Å². The predicted octanol–water partition coefficient (Wildman–Crippen LogP) is 2.70. The predicted molar refractivity (Wildman–Crippen MR) is 73.9 cm³/mol. The maximum atomic E-state index is 11.9. The number of hydrogen-bond donors (Lipinski definition) is 2. The number of pyridine rings is 1. The van der Waals surface area contributed by atoms with Crippen molar-refractivity contribution in [2.75, 3.05) is 5.32 Å². The number of amides is 1. The number of carbonyl (C=O) groups excluding carboxylic acids is 1. The van der Waals surface area contributed by atoms with Crippen LogP contribution in [-0.2, 0) is 0 Å². The summed E-state index contributed by atoms with van der Waals surface area (Å²) in [7, 11) is 0. The molecule has 4 nitrogen and oxygen atoms in total. The minimum absolute atomic E-state index is 0.233. The van der Waals surface area contributed by atoms with Crippen LogP contribution >= 0.6 is 15.9 Å². The number of carbonyl (C=O) groups is 1. The molecule has 1 aromatic carbocycles. The highest BCUT2D eigenvalue weighted by molar-refractivity contribution is 9.10. The number of H-pyrrole nitrogens is 1. The van der Waals surface area contributed by atoms with E-state index in [0.717, 1.165) is 10.0 Å². The van der Waals surface area contributed by atoms with Crippen LogP contribution in [0.5, 0.6) is 0 Å². The monoisotopic (exact) mass is 306 g/mol. The van der Waals surface area contributed by atoms with Crippen LogP contribution in [0, 0.1) is 6.92 Å². The molecule has 1 heterocycles.